The summed E-state index contributed by atoms with van der Waals surface area (Å²) in [5.41, 5.74) is 3.22. The Morgan fingerprint density at radius 1 is 1.03 bits per heavy atom. The van der Waals surface area contributed by atoms with E-state index in [1.807, 2.05) is 48.0 Å². The van der Waals surface area contributed by atoms with Crippen molar-refractivity contribution in [2.75, 3.05) is 0 Å². The third-order valence-electron chi connectivity index (χ3n) is 5.06. The van der Waals surface area contributed by atoms with Crippen LogP contribution in [0.4, 0.5) is 0 Å². The Hall–Kier alpha value is -3.51. The normalized spacial score (nSPS) is 11.3. The lowest BCUT2D eigenvalue weighted by Crippen LogP contribution is -2.20. The number of aryl methyl sites for hydroxylation is 2. The van der Waals surface area contributed by atoms with Gasteiger partial charge >= 0.3 is 0 Å². The number of para-hydroxylation sites is 1. The minimum atomic E-state index is -0.0595. The molecule has 4 aromatic heterocycles. The van der Waals surface area contributed by atoms with Crippen molar-refractivity contribution in [3.05, 3.63) is 88.5 Å². The van der Waals surface area contributed by atoms with Gasteiger partial charge in [0.2, 0.25) is 0 Å². The molecule has 142 valence electrons. The molecule has 5 aromatic rings. The zero-order valence-corrected chi connectivity index (χ0v) is 16.3. The van der Waals surface area contributed by atoms with Crippen LogP contribution in [-0.2, 0) is 13.0 Å². The van der Waals surface area contributed by atoms with Crippen molar-refractivity contribution in [3.8, 4) is 16.9 Å². The summed E-state index contributed by atoms with van der Waals surface area (Å²) < 4.78 is 2.62. The summed E-state index contributed by atoms with van der Waals surface area (Å²) in [4.78, 5) is 21.8. The zero-order valence-electron chi connectivity index (χ0n) is 15.4. The van der Waals surface area contributed by atoms with E-state index >= 15 is 0 Å². The summed E-state index contributed by atoms with van der Waals surface area (Å²) in [6, 6.07) is 15.8. The summed E-state index contributed by atoms with van der Waals surface area (Å²) in [7, 11) is 0. The second-order valence-corrected chi connectivity index (χ2v) is 7.75. The maximum Gasteiger partial charge on any atom is 0.259 e. The first-order valence-corrected chi connectivity index (χ1v) is 10.2. The van der Waals surface area contributed by atoms with E-state index in [1.54, 1.807) is 16.8 Å². The number of aromatic hydroxyl groups is 1. The number of pyridine rings is 3. The predicted octanol–water partition coefficient (Wildman–Crippen LogP) is 4.62. The van der Waals surface area contributed by atoms with Crippen molar-refractivity contribution in [3.63, 3.8) is 0 Å². The fourth-order valence-electron chi connectivity index (χ4n) is 3.56. The molecule has 0 unspecified atom stereocenters. The van der Waals surface area contributed by atoms with Crippen LogP contribution in [0.15, 0.2) is 77.3 Å². The fourth-order valence-corrected chi connectivity index (χ4v) is 4.50. The van der Waals surface area contributed by atoms with Gasteiger partial charge in [-0.15, -0.1) is 11.3 Å². The first-order valence-electron chi connectivity index (χ1n) is 9.29. The number of benzene rings is 1. The Balaban J connectivity index is 1.50. The van der Waals surface area contributed by atoms with Crippen LogP contribution in [0.1, 0.15) is 5.69 Å². The van der Waals surface area contributed by atoms with E-state index in [9.17, 15) is 9.90 Å². The lowest BCUT2D eigenvalue weighted by Gasteiger charge is -2.08. The standard InChI is InChI=1S/C23H17N3O2S/c27-20-13-24-10-7-17(20)18-14-29-21-9-12-26(23(28)22(18)21)11-8-16-6-5-15-3-1-2-4-19(15)25-16/h1-7,9-10,12-14,27H,8,11H2. The van der Waals surface area contributed by atoms with Crippen LogP contribution in [0.2, 0.25) is 0 Å². The number of rotatable bonds is 4. The van der Waals surface area contributed by atoms with Crippen molar-refractivity contribution < 1.29 is 5.11 Å². The van der Waals surface area contributed by atoms with Gasteiger partial charge in [-0.3, -0.25) is 14.8 Å². The van der Waals surface area contributed by atoms with Gasteiger partial charge in [0.15, 0.2) is 0 Å². The van der Waals surface area contributed by atoms with E-state index in [1.165, 1.54) is 17.5 Å². The summed E-state index contributed by atoms with van der Waals surface area (Å²) in [6.45, 7) is 0.539. The number of aromatic nitrogens is 3. The summed E-state index contributed by atoms with van der Waals surface area (Å²) >= 11 is 1.50. The van der Waals surface area contributed by atoms with Gasteiger partial charge in [-0.05, 0) is 24.3 Å². The van der Waals surface area contributed by atoms with Crippen LogP contribution < -0.4 is 5.56 Å². The highest BCUT2D eigenvalue weighted by Gasteiger charge is 2.14. The van der Waals surface area contributed by atoms with Gasteiger partial charge < -0.3 is 9.67 Å². The van der Waals surface area contributed by atoms with Crippen LogP contribution in [0.5, 0.6) is 5.75 Å². The van der Waals surface area contributed by atoms with E-state index in [-0.39, 0.29) is 11.3 Å². The van der Waals surface area contributed by atoms with Crippen molar-refractivity contribution in [1.82, 2.24) is 14.5 Å². The Labute approximate surface area is 170 Å². The SMILES string of the molecule is O=c1c2c(-c3ccncc3O)csc2ccn1CCc1ccc2ccccc2n1. The molecule has 0 atom stereocenters. The molecular formula is C23H17N3O2S. The third-order valence-corrected chi connectivity index (χ3v) is 6.00. The third kappa shape index (κ3) is 3.17. The molecule has 6 heteroatoms. The molecule has 5 rings (SSSR count). The van der Waals surface area contributed by atoms with Crippen molar-refractivity contribution in [2.45, 2.75) is 13.0 Å². The topological polar surface area (TPSA) is 68.0 Å². The van der Waals surface area contributed by atoms with Gasteiger partial charge in [0, 0.05) is 57.6 Å². The molecule has 0 aliphatic rings. The Morgan fingerprint density at radius 2 is 1.93 bits per heavy atom. The molecule has 0 fully saturated rings. The Morgan fingerprint density at radius 3 is 2.83 bits per heavy atom. The largest absolute Gasteiger partial charge is 0.506 e. The van der Waals surface area contributed by atoms with Gasteiger partial charge in [-0.1, -0.05) is 24.3 Å². The number of fused-ring (bicyclic) bond motifs is 2. The first kappa shape index (κ1) is 17.6. The zero-order chi connectivity index (χ0) is 19.8. The van der Waals surface area contributed by atoms with Crippen LogP contribution in [0, 0.1) is 0 Å². The average molecular weight is 399 g/mol. The second kappa shape index (κ2) is 7.14. The van der Waals surface area contributed by atoms with Gasteiger partial charge in [0.25, 0.3) is 5.56 Å². The average Bonchev–Trinajstić information content (AvgIpc) is 3.18. The fraction of sp³-hybridized carbons (Fsp3) is 0.0870. The summed E-state index contributed by atoms with van der Waals surface area (Å²) in [5.74, 6) is 0.0716. The van der Waals surface area contributed by atoms with Gasteiger partial charge in [0.1, 0.15) is 5.75 Å². The van der Waals surface area contributed by atoms with Gasteiger partial charge in [-0.25, -0.2) is 0 Å². The minimum absolute atomic E-state index is 0.0595. The van der Waals surface area contributed by atoms with E-state index in [0.717, 1.165) is 26.9 Å². The van der Waals surface area contributed by atoms with Crippen LogP contribution in [0.25, 0.3) is 32.1 Å². The predicted molar refractivity (Wildman–Crippen MR) is 116 cm³/mol. The van der Waals surface area contributed by atoms with E-state index in [2.05, 4.69) is 11.1 Å². The molecule has 0 bridgehead atoms. The molecule has 0 radical (unpaired) electrons. The Bertz CT molecular complexity index is 1400. The first-order chi connectivity index (χ1) is 14.2. The summed E-state index contributed by atoms with van der Waals surface area (Å²) in [6.07, 6.45) is 5.51. The maximum absolute atomic E-state index is 13.2. The van der Waals surface area contributed by atoms with Gasteiger partial charge in [-0.2, -0.15) is 0 Å². The number of thiophene rings is 1. The van der Waals surface area contributed by atoms with Crippen molar-refractivity contribution >= 4 is 32.3 Å². The molecule has 5 nitrogen and oxygen atoms in total. The highest BCUT2D eigenvalue weighted by Crippen LogP contribution is 2.35. The monoisotopic (exact) mass is 399 g/mol. The van der Waals surface area contributed by atoms with Crippen LogP contribution in [0.3, 0.4) is 0 Å². The lowest BCUT2D eigenvalue weighted by atomic mass is 10.1. The molecule has 0 spiro atoms. The van der Waals surface area contributed by atoms with Gasteiger partial charge in [0.05, 0.1) is 17.1 Å². The highest BCUT2D eigenvalue weighted by molar-refractivity contribution is 7.17. The molecular weight excluding hydrogens is 382 g/mol. The minimum Gasteiger partial charge on any atom is -0.506 e. The number of hydrogen-bond acceptors (Lipinski definition) is 5. The lowest BCUT2D eigenvalue weighted by molar-refractivity contribution is 0.475. The molecule has 0 aliphatic heterocycles. The number of hydrogen-bond donors (Lipinski definition) is 1. The smallest absolute Gasteiger partial charge is 0.259 e. The maximum atomic E-state index is 13.2. The quantitative estimate of drug-likeness (QED) is 0.479. The van der Waals surface area contributed by atoms with Crippen LogP contribution in [-0.4, -0.2) is 19.6 Å². The van der Waals surface area contributed by atoms with Crippen molar-refractivity contribution in [2.24, 2.45) is 0 Å². The second-order valence-electron chi connectivity index (χ2n) is 6.84. The van der Waals surface area contributed by atoms with E-state index < -0.39 is 0 Å². The molecule has 29 heavy (non-hydrogen) atoms. The molecule has 0 amide bonds. The van der Waals surface area contributed by atoms with Crippen molar-refractivity contribution in [1.29, 1.82) is 0 Å². The van der Waals surface area contributed by atoms with Crippen LogP contribution >= 0.6 is 11.3 Å². The molecule has 1 N–H and O–H groups in total. The number of nitrogens with zero attached hydrogens (tertiary/aromatic N) is 3. The Kier molecular flexibility index (Phi) is 4.33. The van der Waals surface area contributed by atoms with E-state index in [4.69, 9.17) is 4.98 Å². The van der Waals surface area contributed by atoms with E-state index in [0.29, 0.717) is 23.9 Å². The highest BCUT2D eigenvalue weighted by atomic mass is 32.1. The molecule has 0 saturated heterocycles. The molecule has 4 heterocycles. The molecule has 0 saturated carbocycles. The molecule has 1 aromatic carbocycles. The molecule has 0 aliphatic carbocycles. The summed E-state index contributed by atoms with van der Waals surface area (Å²) in [5, 5.41) is 13.8.